The van der Waals surface area contributed by atoms with E-state index < -0.39 is 9.84 Å². The van der Waals surface area contributed by atoms with Gasteiger partial charge in [0.1, 0.15) is 0 Å². The molecule has 3 nitrogen and oxygen atoms in total. The minimum Gasteiger partial charge on any atom is -0.327 e. The van der Waals surface area contributed by atoms with Crippen LogP contribution in [0, 0.1) is 5.92 Å². The molecule has 1 atom stereocenters. The van der Waals surface area contributed by atoms with Gasteiger partial charge in [-0.3, -0.25) is 0 Å². The van der Waals surface area contributed by atoms with Crippen LogP contribution in [0.25, 0.3) is 0 Å². The van der Waals surface area contributed by atoms with Gasteiger partial charge >= 0.3 is 0 Å². The first kappa shape index (κ1) is 14.0. The zero-order chi connectivity index (χ0) is 12.2. The van der Waals surface area contributed by atoms with Gasteiger partial charge in [-0.1, -0.05) is 12.8 Å². The van der Waals surface area contributed by atoms with E-state index >= 15 is 0 Å². The van der Waals surface area contributed by atoms with E-state index in [-0.39, 0.29) is 11.3 Å². The molecule has 1 fully saturated rings. The molecule has 0 radical (unpaired) electrons. The van der Waals surface area contributed by atoms with Crippen molar-refractivity contribution in [2.45, 2.75) is 63.7 Å². The minimum atomic E-state index is -2.87. The maximum absolute atomic E-state index is 11.6. The van der Waals surface area contributed by atoms with Crippen molar-refractivity contribution in [2.75, 3.05) is 5.75 Å². The molecule has 0 saturated heterocycles. The molecule has 0 amide bonds. The van der Waals surface area contributed by atoms with Crippen LogP contribution in [-0.2, 0) is 9.84 Å². The zero-order valence-electron chi connectivity index (χ0n) is 10.5. The van der Waals surface area contributed by atoms with Crippen molar-refractivity contribution in [3.63, 3.8) is 0 Å². The summed E-state index contributed by atoms with van der Waals surface area (Å²) in [5.74, 6) is 0.937. The smallest absolute Gasteiger partial charge is 0.152 e. The number of hydrogen-bond acceptors (Lipinski definition) is 3. The van der Waals surface area contributed by atoms with Crippen molar-refractivity contribution in [1.29, 1.82) is 0 Å². The number of hydrogen-bond donors (Lipinski definition) is 1. The molecule has 0 aromatic heterocycles. The van der Waals surface area contributed by atoms with Crippen LogP contribution in [0.15, 0.2) is 0 Å². The van der Waals surface area contributed by atoms with Crippen LogP contribution >= 0.6 is 0 Å². The lowest BCUT2D eigenvalue weighted by atomic mass is 9.95. The summed E-state index contributed by atoms with van der Waals surface area (Å²) in [6, 6.07) is 0.213. The third kappa shape index (κ3) is 4.06. The quantitative estimate of drug-likeness (QED) is 0.782. The average Bonchev–Trinajstić information content (AvgIpc) is 2.69. The highest BCUT2D eigenvalue weighted by Crippen LogP contribution is 2.28. The van der Waals surface area contributed by atoms with Gasteiger partial charge in [-0.2, -0.15) is 0 Å². The van der Waals surface area contributed by atoms with Gasteiger partial charge in [0.2, 0.25) is 0 Å². The molecule has 0 aromatic rings. The summed E-state index contributed by atoms with van der Waals surface area (Å²) < 4.78 is 23.2. The SMILES string of the molecule is CC(C)S(=O)(=O)CCCC(N)C1CCCC1. The molecule has 0 spiro atoms. The highest BCUT2D eigenvalue weighted by molar-refractivity contribution is 7.91. The van der Waals surface area contributed by atoms with Crippen molar-refractivity contribution in [1.82, 2.24) is 0 Å². The Kier molecular flexibility index (Phi) is 5.25. The number of nitrogens with two attached hydrogens (primary N) is 1. The first-order valence-corrected chi connectivity index (χ1v) is 8.12. The number of sulfone groups is 1. The van der Waals surface area contributed by atoms with Gasteiger partial charge in [0.05, 0.1) is 11.0 Å². The highest BCUT2D eigenvalue weighted by Gasteiger charge is 2.22. The molecule has 4 heteroatoms. The molecule has 1 aliphatic rings. The van der Waals surface area contributed by atoms with Crippen molar-refractivity contribution in [3.05, 3.63) is 0 Å². The summed E-state index contributed by atoms with van der Waals surface area (Å²) in [5, 5.41) is -0.254. The van der Waals surface area contributed by atoms with E-state index in [1.54, 1.807) is 13.8 Å². The third-order valence-corrected chi connectivity index (χ3v) is 5.98. The van der Waals surface area contributed by atoms with Gasteiger partial charge in [-0.25, -0.2) is 8.42 Å². The van der Waals surface area contributed by atoms with E-state index in [4.69, 9.17) is 5.73 Å². The second-order valence-corrected chi connectivity index (χ2v) is 7.94. The van der Waals surface area contributed by atoms with Crippen LogP contribution in [-0.4, -0.2) is 25.5 Å². The molecule has 0 aliphatic heterocycles. The van der Waals surface area contributed by atoms with Gasteiger partial charge in [-0.05, 0) is 45.4 Å². The average molecular weight is 247 g/mol. The van der Waals surface area contributed by atoms with E-state index in [2.05, 4.69) is 0 Å². The first-order valence-electron chi connectivity index (χ1n) is 6.40. The largest absolute Gasteiger partial charge is 0.327 e. The van der Waals surface area contributed by atoms with Gasteiger partial charge in [0.25, 0.3) is 0 Å². The van der Waals surface area contributed by atoms with E-state index in [1.165, 1.54) is 25.7 Å². The fourth-order valence-corrected chi connectivity index (χ4v) is 3.42. The molecule has 1 unspecified atom stereocenters. The van der Waals surface area contributed by atoms with E-state index in [0.717, 1.165) is 12.8 Å². The molecular weight excluding hydrogens is 222 g/mol. The molecule has 0 heterocycles. The molecule has 0 bridgehead atoms. The molecule has 16 heavy (non-hydrogen) atoms. The Morgan fingerprint density at radius 2 is 1.81 bits per heavy atom. The summed E-state index contributed by atoms with van der Waals surface area (Å²) in [5.41, 5.74) is 6.09. The van der Waals surface area contributed by atoms with Gasteiger partial charge < -0.3 is 5.73 Å². The van der Waals surface area contributed by atoms with Crippen LogP contribution in [0.5, 0.6) is 0 Å². The van der Waals surface area contributed by atoms with Crippen LogP contribution < -0.4 is 5.73 Å². The monoisotopic (exact) mass is 247 g/mol. The van der Waals surface area contributed by atoms with Crippen LogP contribution in [0.1, 0.15) is 52.4 Å². The maximum Gasteiger partial charge on any atom is 0.152 e. The normalized spacial score (nSPS) is 20.5. The van der Waals surface area contributed by atoms with E-state index in [1.807, 2.05) is 0 Å². The highest BCUT2D eigenvalue weighted by atomic mass is 32.2. The molecule has 0 aromatic carbocycles. The van der Waals surface area contributed by atoms with Gasteiger partial charge in [0, 0.05) is 6.04 Å². The van der Waals surface area contributed by atoms with Crippen LogP contribution in [0.3, 0.4) is 0 Å². The fourth-order valence-electron chi connectivity index (χ4n) is 2.38. The lowest BCUT2D eigenvalue weighted by molar-refractivity contribution is 0.407. The van der Waals surface area contributed by atoms with Gasteiger partial charge in [0.15, 0.2) is 9.84 Å². The van der Waals surface area contributed by atoms with Gasteiger partial charge in [-0.15, -0.1) is 0 Å². The standard InChI is InChI=1S/C12H25NO2S/c1-10(2)16(14,15)9-5-8-12(13)11-6-3-4-7-11/h10-12H,3-9,13H2,1-2H3. The fraction of sp³-hybridized carbons (Fsp3) is 1.00. The van der Waals surface area contributed by atoms with Crippen molar-refractivity contribution >= 4 is 9.84 Å². The van der Waals surface area contributed by atoms with Crippen molar-refractivity contribution in [2.24, 2.45) is 11.7 Å². The molecule has 1 rings (SSSR count). The predicted molar refractivity (Wildman–Crippen MR) is 68.1 cm³/mol. The van der Waals surface area contributed by atoms with Crippen LogP contribution in [0.2, 0.25) is 0 Å². The minimum absolute atomic E-state index is 0.213. The summed E-state index contributed by atoms with van der Waals surface area (Å²) >= 11 is 0. The summed E-state index contributed by atoms with van der Waals surface area (Å²) in [6.07, 6.45) is 6.64. The summed E-state index contributed by atoms with van der Waals surface area (Å²) in [7, 11) is -2.87. The third-order valence-electron chi connectivity index (χ3n) is 3.69. The molecule has 96 valence electrons. The lowest BCUT2D eigenvalue weighted by Gasteiger charge is -2.18. The second-order valence-electron chi connectivity index (χ2n) is 5.27. The van der Waals surface area contributed by atoms with E-state index in [0.29, 0.717) is 11.7 Å². The predicted octanol–water partition coefficient (Wildman–Crippen LogP) is 2.11. The Hall–Kier alpha value is -0.0900. The summed E-state index contributed by atoms with van der Waals surface area (Å²) in [6.45, 7) is 3.48. The van der Waals surface area contributed by atoms with Crippen molar-refractivity contribution in [3.8, 4) is 0 Å². The Morgan fingerprint density at radius 1 is 1.25 bits per heavy atom. The Morgan fingerprint density at radius 3 is 2.31 bits per heavy atom. The summed E-state index contributed by atoms with van der Waals surface area (Å²) in [4.78, 5) is 0. The van der Waals surface area contributed by atoms with Crippen molar-refractivity contribution < 1.29 is 8.42 Å². The maximum atomic E-state index is 11.6. The molecule has 2 N–H and O–H groups in total. The molecule has 1 saturated carbocycles. The molecule has 1 aliphatic carbocycles. The molecular formula is C12H25NO2S. The zero-order valence-corrected chi connectivity index (χ0v) is 11.3. The number of rotatable bonds is 6. The topological polar surface area (TPSA) is 60.2 Å². The first-order chi connectivity index (χ1) is 7.43. The second kappa shape index (κ2) is 6.01. The van der Waals surface area contributed by atoms with Crippen LogP contribution in [0.4, 0.5) is 0 Å². The lowest BCUT2D eigenvalue weighted by Crippen LogP contribution is -2.29. The Bertz CT molecular complexity index is 292. The van der Waals surface area contributed by atoms with E-state index in [9.17, 15) is 8.42 Å². The Labute approximate surface area is 99.7 Å². The Balaban J connectivity index is 2.24.